The van der Waals surface area contributed by atoms with Crippen molar-refractivity contribution in [2.24, 2.45) is 5.92 Å². The molecule has 0 aromatic carbocycles. The van der Waals surface area contributed by atoms with Crippen LogP contribution >= 0.6 is 0 Å². The summed E-state index contributed by atoms with van der Waals surface area (Å²) in [4.78, 5) is 2.85. The van der Waals surface area contributed by atoms with Crippen LogP contribution in [0, 0.1) is 5.92 Å². The van der Waals surface area contributed by atoms with Crippen LogP contribution in [0.15, 0.2) is 0 Å². The molecule has 0 radical (unpaired) electrons. The fraction of sp³-hybridized carbons (Fsp3) is 1.00. The molecule has 1 aliphatic rings. The van der Waals surface area contributed by atoms with Crippen molar-refractivity contribution in [2.45, 2.75) is 84.7 Å². The number of nitrogens with one attached hydrogen (secondary N) is 1. The molecule has 0 heterocycles. The SMILES string of the molecule is CCCNCC(CCC)N(CC(C)C)C1CCCC1. The molecule has 19 heavy (non-hydrogen) atoms. The largest absolute Gasteiger partial charge is 0.315 e. The minimum absolute atomic E-state index is 0.752. The van der Waals surface area contributed by atoms with E-state index in [9.17, 15) is 0 Å². The normalized spacial score (nSPS) is 18.6. The molecule has 114 valence electrons. The molecule has 1 atom stereocenters. The lowest BCUT2D eigenvalue weighted by atomic mass is 10.0. The van der Waals surface area contributed by atoms with E-state index in [0.717, 1.165) is 18.0 Å². The monoisotopic (exact) mass is 268 g/mol. The lowest BCUT2D eigenvalue weighted by Crippen LogP contribution is -2.48. The smallest absolute Gasteiger partial charge is 0.0223 e. The first-order valence-electron chi connectivity index (χ1n) is 8.65. The van der Waals surface area contributed by atoms with Crippen molar-refractivity contribution in [2.75, 3.05) is 19.6 Å². The molecule has 1 rings (SSSR count). The van der Waals surface area contributed by atoms with Crippen LogP contribution in [-0.2, 0) is 0 Å². The molecule has 0 aliphatic heterocycles. The zero-order chi connectivity index (χ0) is 14.1. The van der Waals surface area contributed by atoms with E-state index >= 15 is 0 Å². The van der Waals surface area contributed by atoms with E-state index < -0.39 is 0 Å². The Morgan fingerprint density at radius 3 is 2.32 bits per heavy atom. The molecule has 0 aromatic heterocycles. The third-order valence-corrected chi connectivity index (χ3v) is 4.27. The molecule has 1 saturated carbocycles. The molecule has 0 spiro atoms. The Labute approximate surface area is 121 Å². The summed E-state index contributed by atoms with van der Waals surface area (Å²) in [5.74, 6) is 0.783. The first-order chi connectivity index (χ1) is 9.19. The van der Waals surface area contributed by atoms with Crippen LogP contribution in [0.3, 0.4) is 0 Å². The van der Waals surface area contributed by atoms with Crippen molar-refractivity contribution in [1.29, 1.82) is 0 Å². The number of nitrogens with zero attached hydrogens (tertiary/aromatic N) is 1. The summed E-state index contributed by atoms with van der Waals surface area (Å²) in [5, 5.41) is 3.66. The van der Waals surface area contributed by atoms with Crippen molar-refractivity contribution in [3.8, 4) is 0 Å². The quantitative estimate of drug-likeness (QED) is 0.601. The summed E-state index contributed by atoms with van der Waals surface area (Å²) in [5.41, 5.74) is 0. The van der Waals surface area contributed by atoms with E-state index in [2.05, 4.69) is 37.9 Å². The maximum Gasteiger partial charge on any atom is 0.0223 e. The average molecular weight is 268 g/mol. The molecule has 2 heteroatoms. The Kier molecular flexibility index (Phi) is 8.72. The summed E-state index contributed by atoms with van der Waals surface area (Å²) >= 11 is 0. The predicted octanol–water partition coefficient (Wildman–Crippen LogP) is 4.06. The fourth-order valence-corrected chi connectivity index (χ4v) is 3.42. The van der Waals surface area contributed by atoms with Crippen molar-refractivity contribution in [1.82, 2.24) is 10.2 Å². The third kappa shape index (κ3) is 6.27. The second-order valence-corrected chi connectivity index (χ2v) is 6.68. The highest BCUT2D eigenvalue weighted by Crippen LogP contribution is 2.27. The van der Waals surface area contributed by atoms with Crippen LogP contribution in [0.25, 0.3) is 0 Å². The van der Waals surface area contributed by atoms with Gasteiger partial charge in [0, 0.05) is 25.2 Å². The van der Waals surface area contributed by atoms with E-state index in [1.54, 1.807) is 0 Å². The Bertz CT molecular complexity index is 209. The summed E-state index contributed by atoms with van der Waals surface area (Å²) < 4.78 is 0. The third-order valence-electron chi connectivity index (χ3n) is 4.27. The molecule has 2 nitrogen and oxygen atoms in total. The Morgan fingerprint density at radius 1 is 1.11 bits per heavy atom. The van der Waals surface area contributed by atoms with Gasteiger partial charge >= 0.3 is 0 Å². The molecule has 1 unspecified atom stereocenters. The molecule has 0 amide bonds. The van der Waals surface area contributed by atoms with Crippen LogP contribution in [0.4, 0.5) is 0 Å². The Morgan fingerprint density at radius 2 is 1.79 bits per heavy atom. The molecule has 1 N–H and O–H groups in total. The maximum absolute atomic E-state index is 3.66. The number of hydrogen-bond acceptors (Lipinski definition) is 2. The average Bonchev–Trinajstić information content (AvgIpc) is 2.89. The van der Waals surface area contributed by atoms with Gasteiger partial charge in [-0.1, -0.05) is 47.0 Å². The molecule has 1 fully saturated rings. The van der Waals surface area contributed by atoms with E-state index in [-0.39, 0.29) is 0 Å². The first-order valence-corrected chi connectivity index (χ1v) is 8.65. The van der Waals surface area contributed by atoms with E-state index in [1.807, 2.05) is 0 Å². The topological polar surface area (TPSA) is 15.3 Å². The highest BCUT2D eigenvalue weighted by Gasteiger charge is 2.28. The lowest BCUT2D eigenvalue weighted by molar-refractivity contribution is 0.109. The molecule has 0 bridgehead atoms. The second-order valence-electron chi connectivity index (χ2n) is 6.68. The van der Waals surface area contributed by atoms with Crippen LogP contribution < -0.4 is 5.32 Å². The highest BCUT2D eigenvalue weighted by molar-refractivity contribution is 4.84. The van der Waals surface area contributed by atoms with Gasteiger partial charge in [0.25, 0.3) is 0 Å². The summed E-state index contributed by atoms with van der Waals surface area (Å²) in [6, 6.07) is 1.62. The minimum Gasteiger partial charge on any atom is -0.315 e. The lowest BCUT2D eigenvalue weighted by Gasteiger charge is -2.38. The number of hydrogen-bond donors (Lipinski definition) is 1. The standard InChI is InChI=1S/C17H36N2/c1-5-9-17(13-18-12-6-2)19(14-15(3)4)16-10-7-8-11-16/h15-18H,5-14H2,1-4H3. The predicted molar refractivity (Wildman–Crippen MR) is 85.7 cm³/mol. The zero-order valence-electron chi connectivity index (χ0n) is 13.8. The molecule has 0 aromatic rings. The van der Waals surface area contributed by atoms with E-state index in [4.69, 9.17) is 0 Å². The zero-order valence-corrected chi connectivity index (χ0v) is 13.8. The molecular weight excluding hydrogens is 232 g/mol. The fourth-order valence-electron chi connectivity index (χ4n) is 3.42. The number of rotatable bonds is 10. The van der Waals surface area contributed by atoms with Gasteiger partial charge in [-0.2, -0.15) is 0 Å². The van der Waals surface area contributed by atoms with Gasteiger partial charge in [-0.3, -0.25) is 4.90 Å². The van der Waals surface area contributed by atoms with Gasteiger partial charge in [-0.25, -0.2) is 0 Å². The van der Waals surface area contributed by atoms with Gasteiger partial charge in [0.2, 0.25) is 0 Å². The van der Waals surface area contributed by atoms with Crippen molar-refractivity contribution < 1.29 is 0 Å². The van der Waals surface area contributed by atoms with Crippen molar-refractivity contribution in [3.05, 3.63) is 0 Å². The maximum atomic E-state index is 3.66. The van der Waals surface area contributed by atoms with Crippen molar-refractivity contribution >= 4 is 0 Å². The summed E-state index contributed by atoms with van der Waals surface area (Å²) in [6.07, 6.45) is 9.65. The highest BCUT2D eigenvalue weighted by atomic mass is 15.2. The van der Waals surface area contributed by atoms with E-state index in [1.165, 1.54) is 64.6 Å². The summed E-state index contributed by atoms with van der Waals surface area (Å²) in [7, 11) is 0. The minimum atomic E-state index is 0.752. The van der Waals surface area contributed by atoms with Gasteiger partial charge in [0.15, 0.2) is 0 Å². The van der Waals surface area contributed by atoms with Gasteiger partial charge < -0.3 is 5.32 Å². The Hall–Kier alpha value is -0.0800. The summed E-state index contributed by atoms with van der Waals surface area (Å²) in [6.45, 7) is 12.9. The molecular formula is C17H36N2. The van der Waals surface area contributed by atoms with Crippen molar-refractivity contribution in [3.63, 3.8) is 0 Å². The van der Waals surface area contributed by atoms with Crippen LogP contribution in [0.1, 0.15) is 72.6 Å². The van der Waals surface area contributed by atoms with Gasteiger partial charge in [-0.05, 0) is 38.1 Å². The first kappa shape index (κ1) is 17.0. The Balaban J connectivity index is 2.59. The van der Waals surface area contributed by atoms with Gasteiger partial charge in [-0.15, -0.1) is 0 Å². The second kappa shape index (κ2) is 9.77. The van der Waals surface area contributed by atoms with Gasteiger partial charge in [0.1, 0.15) is 0 Å². The van der Waals surface area contributed by atoms with Gasteiger partial charge in [0.05, 0.1) is 0 Å². The molecule has 1 aliphatic carbocycles. The van der Waals surface area contributed by atoms with Crippen LogP contribution in [0.5, 0.6) is 0 Å². The van der Waals surface area contributed by atoms with E-state index in [0.29, 0.717) is 0 Å². The molecule has 0 saturated heterocycles. The van der Waals surface area contributed by atoms with Crippen LogP contribution in [0.2, 0.25) is 0 Å². The van der Waals surface area contributed by atoms with Crippen LogP contribution in [-0.4, -0.2) is 36.6 Å².